The second-order valence-corrected chi connectivity index (χ2v) is 9.31. The van der Waals surface area contributed by atoms with Crippen molar-refractivity contribution < 1.29 is 5.11 Å². The van der Waals surface area contributed by atoms with Crippen LogP contribution in [0.25, 0.3) is 10.2 Å². The molecule has 0 radical (unpaired) electrons. The van der Waals surface area contributed by atoms with Gasteiger partial charge in [-0.05, 0) is 64.1 Å². The molecule has 4 heterocycles. The van der Waals surface area contributed by atoms with E-state index in [-0.39, 0.29) is 6.10 Å². The van der Waals surface area contributed by atoms with E-state index in [0.717, 1.165) is 68.0 Å². The van der Waals surface area contributed by atoms with Crippen LogP contribution in [0.1, 0.15) is 48.9 Å². The normalized spacial score (nSPS) is 21.0. The van der Waals surface area contributed by atoms with Gasteiger partial charge in [0.25, 0.3) is 0 Å². The van der Waals surface area contributed by atoms with Gasteiger partial charge in [-0.25, -0.2) is 9.97 Å². The number of likely N-dealkylation sites (tertiary alicyclic amines) is 1. The molecule has 0 saturated carbocycles. The van der Waals surface area contributed by atoms with Gasteiger partial charge in [0.15, 0.2) is 0 Å². The molecule has 1 N–H and O–H groups in total. The van der Waals surface area contributed by atoms with Crippen molar-refractivity contribution in [1.29, 1.82) is 0 Å². The molecule has 0 aliphatic carbocycles. The number of piperidine rings is 2. The molecule has 4 rings (SSSR count). The maximum Gasteiger partial charge on any atom is 0.146 e. The highest BCUT2D eigenvalue weighted by molar-refractivity contribution is 7.18. The first-order valence-corrected chi connectivity index (χ1v) is 10.7. The number of hydrogen-bond donors (Lipinski definition) is 1. The monoisotopic (exact) mass is 374 g/mol. The van der Waals surface area contributed by atoms with Crippen molar-refractivity contribution in [3.8, 4) is 0 Å². The summed E-state index contributed by atoms with van der Waals surface area (Å²) in [6, 6.07) is 0. The predicted molar refractivity (Wildman–Crippen MR) is 108 cm³/mol. The first-order chi connectivity index (χ1) is 12.5. The van der Waals surface area contributed by atoms with Crippen LogP contribution in [0.15, 0.2) is 0 Å². The zero-order valence-electron chi connectivity index (χ0n) is 16.2. The molecule has 2 saturated heterocycles. The summed E-state index contributed by atoms with van der Waals surface area (Å²) in [5.41, 5.74) is 1.31. The van der Waals surface area contributed by atoms with Crippen LogP contribution < -0.4 is 4.90 Å². The first kappa shape index (κ1) is 18.1. The molecule has 5 nitrogen and oxygen atoms in total. The second-order valence-electron chi connectivity index (χ2n) is 8.10. The quantitative estimate of drug-likeness (QED) is 0.891. The fourth-order valence-corrected chi connectivity index (χ4v) is 5.11. The van der Waals surface area contributed by atoms with Crippen molar-refractivity contribution in [2.24, 2.45) is 5.92 Å². The Hall–Kier alpha value is -1.24. The molecule has 2 aliphatic rings. The number of thiophene rings is 1. The Bertz CT molecular complexity index is 774. The van der Waals surface area contributed by atoms with E-state index in [0.29, 0.717) is 0 Å². The number of nitrogens with zero attached hydrogens (tertiary/aromatic N) is 4. The van der Waals surface area contributed by atoms with Gasteiger partial charge >= 0.3 is 0 Å². The van der Waals surface area contributed by atoms with Gasteiger partial charge in [0.05, 0.1) is 18.0 Å². The zero-order chi connectivity index (χ0) is 18.3. The molecule has 2 aromatic heterocycles. The van der Waals surface area contributed by atoms with E-state index >= 15 is 0 Å². The lowest BCUT2D eigenvalue weighted by molar-refractivity contribution is 0.145. The third-order valence-corrected chi connectivity index (χ3v) is 7.16. The van der Waals surface area contributed by atoms with E-state index in [1.54, 1.807) is 11.3 Å². The van der Waals surface area contributed by atoms with E-state index in [4.69, 9.17) is 9.97 Å². The topological polar surface area (TPSA) is 52.5 Å². The molecule has 0 aromatic carbocycles. The Morgan fingerprint density at radius 3 is 2.42 bits per heavy atom. The lowest BCUT2D eigenvalue weighted by Crippen LogP contribution is -2.37. The fourth-order valence-electron chi connectivity index (χ4n) is 4.07. The zero-order valence-corrected chi connectivity index (χ0v) is 17.0. The van der Waals surface area contributed by atoms with Crippen LogP contribution in [0.5, 0.6) is 0 Å². The van der Waals surface area contributed by atoms with Gasteiger partial charge in [0, 0.05) is 18.0 Å². The molecule has 0 atom stereocenters. The molecule has 142 valence electrons. The van der Waals surface area contributed by atoms with E-state index < -0.39 is 0 Å². The highest BCUT2D eigenvalue weighted by Crippen LogP contribution is 2.36. The third kappa shape index (κ3) is 3.59. The molecule has 0 bridgehead atoms. The van der Waals surface area contributed by atoms with Crippen LogP contribution in [0.3, 0.4) is 0 Å². The molecule has 2 aromatic rings. The van der Waals surface area contributed by atoms with Crippen molar-refractivity contribution in [2.45, 2.75) is 59.1 Å². The molecule has 0 amide bonds. The van der Waals surface area contributed by atoms with Crippen LogP contribution >= 0.6 is 11.3 Å². The summed E-state index contributed by atoms with van der Waals surface area (Å²) < 4.78 is 0. The van der Waals surface area contributed by atoms with Crippen LogP contribution in [-0.4, -0.2) is 52.3 Å². The summed E-state index contributed by atoms with van der Waals surface area (Å²) in [5, 5.41) is 11.1. The highest BCUT2D eigenvalue weighted by atomic mass is 32.1. The molecular formula is C20H30N4OS. The van der Waals surface area contributed by atoms with Crippen molar-refractivity contribution in [3.05, 3.63) is 16.3 Å². The van der Waals surface area contributed by atoms with Gasteiger partial charge < -0.3 is 10.0 Å². The highest BCUT2D eigenvalue weighted by Gasteiger charge is 2.24. The third-order valence-electron chi connectivity index (χ3n) is 6.06. The Balaban J connectivity index is 1.66. The van der Waals surface area contributed by atoms with Crippen LogP contribution in [0.4, 0.5) is 5.82 Å². The SMILES string of the molecule is Cc1sc2nc(CN3CCC(C)CC3)nc(N3CCC(O)CC3)c2c1C. The van der Waals surface area contributed by atoms with Gasteiger partial charge in [-0.3, -0.25) is 4.90 Å². The van der Waals surface area contributed by atoms with Crippen molar-refractivity contribution in [3.63, 3.8) is 0 Å². The molecule has 0 unspecified atom stereocenters. The standard InChI is InChI=1S/C20H30N4OS/c1-13-4-8-23(9-5-13)12-17-21-19(24-10-6-16(25)7-11-24)18-14(2)15(3)26-20(18)22-17/h13,16,25H,4-12H2,1-3H3. The maximum atomic E-state index is 9.87. The Kier molecular flexibility index (Phi) is 5.17. The number of fused-ring (bicyclic) bond motifs is 1. The summed E-state index contributed by atoms with van der Waals surface area (Å²) >= 11 is 1.79. The Morgan fingerprint density at radius 1 is 1.04 bits per heavy atom. The fraction of sp³-hybridized carbons (Fsp3) is 0.700. The molecule has 0 spiro atoms. The van der Waals surface area contributed by atoms with Gasteiger partial charge in [-0.1, -0.05) is 6.92 Å². The van der Waals surface area contributed by atoms with Crippen LogP contribution in [0.2, 0.25) is 0 Å². The van der Waals surface area contributed by atoms with Crippen molar-refractivity contribution in [2.75, 3.05) is 31.1 Å². The number of aliphatic hydroxyl groups is 1. The van der Waals surface area contributed by atoms with Crippen LogP contribution in [-0.2, 0) is 6.54 Å². The number of rotatable bonds is 3. The molecule has 2 fully saturated rings. The average molecular weight is 375 g/mol. The molecular weight excluding hydrogens is 344 g/mol. The van der Waals surface area contributed by atoms with Gasteiger partial charge in [0.1, 0.15) is 16.5 Å². The largest absolute Gasteiger partial charge is 0.393 e. The summed E-state index contributed by atoms with van der Waals surface area (Å²) in [6.07, 6.45) is 4.04. The van der Waals surface area contributed by atoms with Crippen molar-refractivity contribution >= 4 is 27.4 Å². The van der Waals surface area contributed by atoms with E-state index in [9.17, 15) is 5.11 Å². The number of hydrogen-bond acceptors (Lipinski definition) is 6. The Morgan fingerprint density at radius 2 is 1.73 bits per heavy atom. The number of aryl methyl sites for hydroxylation is 2. The minimum atomic E-state index is -0.163. The van der Waals surface area contributed by atoms with Gasteiger partial charge in [-0.15, -0.1) is 11.3 Å². The van der Waals surface area contributed by atoms with Crippen molar-refractivity contribution in [1.82, 2.24) is 14.9 Å². The predicted octanol–water partition coefficient (Wildman–Crippen LogP) is 3.50. The molecule has 26 heavy (non-hydrogen) atoms. The van der Waals surface area contributed by atoms with E-state index in [1.165, 1.54) is 28.7 Å². The van der Waals surface area contributed by atoms with Gasteiger partial charge in [-0.2, -0.15) is 0 Å². The maximum absolute atomic E-state index is 9.87. The minimum Gasteiger partial charge on any atom is -0.393 e. The van der Waals surface area contributed by atoms with E-state index in [2.05, 4.69) is 30.6 Å². The van der Waals surface area contributed by atoms with Crippen LogP contribution in [0, 0.1) is 19.8 Å². The second kappa shape index (κ2) is 7.41. The lowest BCUT2D eigenvalue weighted by Gasteiger charge is -2.32. The lowest BCUT2D eigenvalue weighted by atomic mass is 9.99. The summed E-state index contributed by atoms with van der Waals surface area (Å²) in [5.74, 6) is 2.88. The number of anilines is 1. The first-order valence-electron chi connectivity index (χ1n) is 9.93. The number of aromatic nitrogens is 2. The summed E-state index contributed by atoms with van der Waals surface area (Å²) in [6.45, 7) is 11.6. The molecule has 2 aliphatic heterocycles. The van der Waals surface area contributed by atoms with Gasteiger partial charge in [0.2, 0.25) is 0 Å². The summed E-state index contributed by atoms with van der Waals surface area (Å²) in [4.78, 5) is 17.3. The minimum absolute atomic E-state index is 0.163. The number of aliphatic hydroxyl groups excluding tert-OH is 1. The van der Waals surface area contributed by atoms with E-state index in [1.807, 2.05) is 0 Å². The molecule has 6 heteroatoms. The summed E-state index contributed by atoms with van der Waals surface area (Å²) in [7, 11) is 0. The Labute approximate surface area is 160 Å². The smallest absolute Gasteiger partial charge is 0.146 e. The average Bonchev–Trinajstić information content (AvgIpc) is 2.91.